The second-order valence-corrected chi connectivity index (χ2v) is 3.76. The average Bonchev–Trinajstić information content (AvgIpc) is 2.26. The summed E-state index contributed by atoms with van der Waals surface area (Å²) in [7, 11) is 0. The molecule has 84 valence electrons. The summed E-state index contributed by atoms with van der Waals surface area (Å²) in [6.45, 7) is 4.83. The van der Waals surface area contributed by atoms with Crippen LogP contribution in [0.2, 0.25) is 0 Å². The molecule has 1 N–H and O–H groups in total. The lowest BCUT2D eigenvalue weighted by Crippen LogP contribution is -2.08. The normalized spacial score (nSPS) is 12.5. The molecular formula is C13H20O2. The lowest BCUT2D eigenvalue weighted by Gasteiger charge is -2.09. The molecule has 0 fully saturated rings. The lowest BCUT2D eigenvalue weighted by atomic mass is 10.1. The molecule has 0 heterocycles. The van der Waals surface area contributed by atoms with E-state index in [0.717, 1.165) is 30.8 Å². The Morgan fingerprint density at radius 3 is 2.80 bits per heavy atom. The van der Waals surface area contributed by atoms with Crippen molar-refractivity contribution in [1.29, 1.82) is 0 Å². The minimum Gasteiger partial charge on any atom is -0.494 e. The molecule has 0 radical (unpaired) electrons. The second-order valence-electron chi connectivity index (χ2n) is 3.76. The Bertz CT molecular complexity index is 284. The predicted molar refractivity (Wildman–Crippen MR) is 62.2 cm³/mol. The second kappa shape index (κ2) is 6.46. The van der Waals surface area contributed by atoms with Crippen LogP contribution in [0, 0.1) is 0 Å². The van der Waals surface area contributed by atoms with Crippen molar-refractivity contribution in [3.8, 4) is 5.75 Å². The van der Waals surface area contributed by atoms with Crippen LogP contribution in [0.15, 0.2) is 24.3 Å². The highest BCUT2D eigenvalue weighted by molar-refractivity contribution is 5.28. The van der Waals surface area contributed by atoms with Gasteiger partial charge in [0.15, 0.2) is 0 Å². The van der Waals surface area contributed by atoms with Crippen LogP contribution >= 0.6 is 0 Å². The Labute approximate surface area is 91.9 Å². The third-order valence-electron chi connectivity index (χ3n) is 2.31. The van der Waals surface area contributed by atoms with Gasteiger partial charge < -0.3 is 9.84 Å². The van der Waals surface area contributed by atoms with E-state index < -0.39 is 0 Å². The van der Waals surface area contributed by atoms with Crippen LogP contribution in [0.5, 0.6) is 5.75 Å². The molecule has 1 unspecified atom stereocenters. The molecule has 2 heteroatoms. The number of rotatable bonds is 6. The van der Waals surface area contributed by atoms with Crippen molar-refractivity contribution >= 4 is 0 Å². The van der Waals surface area contributed by atoms with Crippen molar-refractivity contribution in [1.82, 2.24) is 0 Å². The SMILES string of the molecule is CCCOc1cccc(CC(O)CC)c1. The van der Waals surface area contributed by atoms with Gasteiger partial charge in [-0.25, -0.2) is 0 Å². The van der Waals surface area contributed by atoms with Crippen LogP contribution < -0.4 is 4.74 Å². The van der Waals surface area contributed by atoms with E-state index in [1.54, 1.807) is 0 Å². The van der Waals surface area contributed by atoms with Gasteiger partial charge in [-0.1, -0.05) is 26.0 Å². The molecule has 0 aromatic heterocycles. The molecular weight excluding hydrogens is 188 g/mol. The molecule has 0 spiro atoms. The summed E-state index contributed by atoms with van der Waals surface area (Å²) in [5, 5.41) is 9.54. The highest BCUT2D eigenvalue weighted by Crippen LogP contribution is 2.15. The first-order valence-corrected chi connectivity index (χ1v) is 5.66. The Kier molecular flexibility index (Phi) is 5.19. The molecule has 0 saturated heterocycles. The van der Waals surface area contributed by atoms with Crippen LogP contribution in [-0.4, -0.2) is 17.8 Å². The van der Waals surface area contributed by atoms with Gasteiger partial charge >= 0.3 is 0 Å². The maximum Gasteiger partial charge on any atom is 0.119 e. The quantitative estimate of drug-likeness (QED) is 0.779. The molecule has 15 heavy (non-hydrogen) atoms. The summed E-state index contributed by atoms with van der Waals surface area (Å²) in [4.78, 5) is 0. The fourth-order valence-corrected chi connectivity index (χ4v) is 1.40. The van der Waals surface area contributed by atoms with Crippen LogP contribution in [0.25, 0.3) is 0 Å². The summed E-state index contributed by atoms with van der Waals surface area (Å²) < 4.78 is 5.53. The lowest BCUT2D eigenvalue weighted by molar-refractivity contribution is 0.170. The van der Waals surface area contributed by atoms with Crippen molar-refractivity contribution in [3.05, 3.63) is 29.8 Å². The molecule has 0 saturated carbocycles. The van der Waals surface area contributed by atoms with E-state index in [1.807, 2.05) is 31.2 Å². The van der Waals surface area contributed by atoms with E-state index in [9.17, 15) is 5.11 Å². The Morgan fingerprint density at radius 1 is 1.33 bits per heavy atom. The van der Waals surface area contributed by atoms with Crippen molar-refractivity contribution in [2.24, 2.45) is 0 Å². The van der Waals surface area contributed by atoms with Gasteiger partial charge in [0.25, 0.3) is 0 Å². The minimum atomic E-state index is -0.244. The van der Waals surface area contributed by atoms with Gasteiger partial charge in [-0.3, -0.25) is 0 Å². The first-order chi connectivity index (χ1) is 7.26. The summed E-state index contributed by atoms with van der Waals surface area (Å²) in [6.07, 6.45) is 2.27. The molecule has 1 rings (SSSR count). The van der Waals surface area contributed by atoms with E-state index in [0.29, 0.717) is 6.42 Å². The van der Waals surface area contributed by atoms with Crippen LogP contribution in [0.3, 0.4) is 0 Å². The largest absolute Gasteiger partial charge is 0.494 e. The summed E-state index contributed by atoms with van der Waals surface area (Å²) >= 11 is 0. The first-order valence-electron chi connectivity index (χ1n) is 5.66. The highest BCUT2D eigenvalue weighted by Gasteiger charge is 2.03. The van der Waals surface area contributed by atoms with Crippen LogP contribution in [0.1, 0.15) is 32.3 Å². The Balaban J connectivity index is 2.57. The van der Waals surface area contributed by atoms with Gasteiger partial charge in [0, 0.05) is 0 Å². The summed E-state index contributed by atoms with van der Waals surface area (Å²) in [5.74, 6) is 0.901. The van der Waals surface area contributed by atoms with E-state index >= 15 is 0 Å². The molecule has 0 amide bonds. The monoisotopic (exact) mass is 208 g/mol. The predicted octanol–water partition coefficient (Wildman–Crippen LogP) is 2.79. The fourth-order valence-electron chi connectivity index (χ4n) is 1.40. The van der Waals surface area contributed by atoms with Gasteiger partial charge in [-0.15, -0.1) is 0 Å². The van der Waals surface area contributed by atoms with Gasteiger partial charge in [0.1, 0.15) is 5.75 Å². The molecule has 1 aromatic carbocycles. The van der Waals surface area contributed by atoms with Gasteiger partial charge in [-0.2, -0.15) is 0 Å². The third-order valence-corrected chi connectivity index (χ3v) is 2.31. The maximum absolute atomic E-state index is 9.54. The van der Waals surface area contributed by atoms with Crippen molar-refractivity contribution in [2.45, 2.75) is 39.2 Å². The molecule has 0 aliphatic heterocycles. The van der Waals surface area contributed by atoms with Gasteiger partial charge in [-0.05, 0) is 37.0 Å². The third kappa shape index (κ3) is 4.34. The fraction of sp³-hybridized carbons (Fsp3) is 0.538. The van der Waals surface area contributed by atoms with Gasteiger partial charge in [0.05, 0.1) is 12.7 Å². The average molecular weight is 208 g/mol. The smallest absolute Gasteiger partial charge is 0.119 e. The van der Waals surface area contributed by atoms with E-state index in [-0.39, 0.29) is 6.10 Å². The summed E-state index contributed by atoms with van der Waals surface area (Å²) in [6, 6.07) is 7.96. The van der Waals surface area contributed by atoms with Crippen molar-refractivity contribution in [2.75, 3.05) is 6.61 Å². The number of benzene rings is 1. The van der Waals surface area contributed by atoms with Crippen LogP contribution in [0.4, 0.5) is 0 Å². The number of aliphatic hydroxyl groups excluding tert-OH is 1. The minimum absolute atomic E-state index is 0.244. The topological polar surface area (TPSA) is 29.5 Å². The van der Waals surface area contributed by atoms with E-state index in [2.05, 4.69) is 6.92 Å². The molecule has 0 aliphatic rings. The molecule has 0 aliphatic carbocycles. The zero-order chi connectivity index (χ0) is 11.1. The molecule has 0 bridgehead atoms. The van der Waals surface area contributed by atoms with E-state index in [4.69, 9.17) is 4.74 Å². The summed E-state index contributed by atoms with van der Waals surface area (Å²) in [5.41, 5.74) is 1.14. The zero-order valence-corrected chi connectivity index (χ0v) is 9.57. The van der Waals surface area contributed by atoms with Crippen LogP contribution in [-0.2, 0) is 6.42 Å². The maximum atomic E-state index is 9.54. The van der Waals surface area contributed by atoms with Gasteiger partial charge in [0.2, 0.25) is 0 Å². The number of hydrogen-bond donors (Lipinski definition) is 1. The molecule has 2 nitrogen and oxygen atoms in total. The number of hydrogen-bond acceptors (Lipinski definition) is 2. The van der Waals surface area contributed by atoms with E-state index in [1.165, 1.54) is 0 Å². The standard InChI is InChI=1S/C13H20O2/c1-3-8-15-13-7-5-6-11(10-13)9-12(14)4-2/h5-7,10,12,14H,3-4,8-9H2,1-2H3. The Morgan fingerprint density at radius 2 is 2.13 bits per heavy atom. The van der Waals surface area contributed by atoms with Crippen molar-refractivity contribution in [3.63, 3.8) is 0 Å². The molecule has 1 aromatic rings. The molecule has 1 atom stereocenters. The first kappa shape index (κ1) is 12.1. The zero-order valence-electron chi connectivity index (χ0n) is 9.57. The number of aliphatic hydroxyl groups is 1. The highest BCUT2D eigenvalue weighted by atomic mass is 16.5. The number of ether oxygens (including phenoxy) is 1. The van der Waals surface area contributed by atoms with Crippen molar-refractivity contribution < 1.29 is 9.84 Å². The Hall–Kier alpha value is -1.02.